The SMILES string of the molecule is CC1(C)C(/C=C/C2=C3Sc4ccccc4SC4=C3C(CC2)CC/C4=C\C=C2\N(CCCCS(=O)(=O)[O-])c3ccc(S(=O)(=O)[O-])cc3C2(C)C)=[N+](CCCCS(=O)(=O)O)c2cc[c-]cc21.[Na+].[Na+].[Na+]. The van der Waals surface area contributed by atoms with Gasteiger partial charge < -0.3 is 14.0 Å². The smallest absolute Gasteiger partial charge is 0.748 e. The number of nitrogens with zero attached hydrogens (tertiary/aromatic N) is 2. The van der Waals surface area contributed by atoms with Crippen LogP contribution in [-0.4, -0.2) is 73.8 Å². The van der Waals surface area contributed by atoms with Gasteiger partial charge in [0, 0.05) is 66.6 Å². The van der Waals surface area contributed by atoms with Crippen molar-refractivity contribution in [1.82, 2.24) is 0 Å². The van der Waals surface area contributed by atoms with Crippen molar-refractivity contribution in [3.05, 3.63) is 134 Å². The minimum atomic E-state index is -4.72. The molecule has 0 spiro atoms. The molecule has 0 amide bonds. The van der Waals surface area contributed by atoms with Crippen molar-refractivity contribution in [2.75, 3.05) is 29.5 Å². The van der Waals surface area contributed by atoms with Crippen LogP contribution in [0.2, 0.25) is 0 Å². The van der Waals surface area contributed by atoms with Crippen LogP contribution in [0.4, 0.5) is 11.4 Å². The Balaban J connectivity index is 0.00000280. The van der Waals surface area contributed by atoms with E-state index in [0.29, 0.717) is 43.8 Å². The van der Waals surface area contributed by atoms with Gasteiger partial charge in [0.05, 0.1) is 20.8 Å². The molecule has 0 radical (unpaired) electrons. The summed E-state index contributed by atoms with van der Waals surface area (Å²) in [6.07, 6.45) is 14.0. The topological polar surface area (TPSA) is 175 Å². The molecule has 8 rings (SSSR count). The Hall–Kier alpha value is -0.740. The number of thioether (sulfide) groups is 2. The molecule has 11 nitrogen and oxygen atoms in total. The summed E-state index contributed by atoms with van der Waals surface area (Å²) >= 11 is 3.62. The van der Waals surface area contributed by atoms with Crippen LogP contribution in [-0.2, 0) is 41.2 Å². The normalized spacial score (nSPS) is 20.8. The quantitative estimate of drug-likeness (QED) is 0.0783. The average Bonchev–Trinajstić information content (AvgIpc) is 3.46. The predicted molar refractivity (Wildman–Crippen MR) is 252 cm³/mol. The maximum absolute atomic E-state index is 12.1. The van der Waals surface area contributed by atoms with Crippen LogP contribution < -0.4 is 93.6 Å². The zero-order valence-corrected chi connectivity index (χ0v) is 49.4. The zero-order chi connectivity index (χ0) is 45.8. The Bertz CT molecular complexity index is 2960. The molecule has 2 aliphatic carbocycles. The van der Waals surface area contributed by atoms with E-state index < -0.39 is 41.5 Å². The molecule has 340 valence electrons. The Morgan fingerprint density at radius 3 is 2.15 bits per heavy atom. The van der Waals surface area contributed by atoms with Crippen LogP contribution in [0.15, 0.2) is 132 Å². The van der Waals surface area contributed by atoms with E-state index in [4.69, 9.17) is 0 Å². The summed E-state index contributed by atoms with van der Waals surface area (Å²) in [5.41, 5.74) is 8.37. The first kappa shape index (κ1) is 57.2. The van der Waals surface area contributed by atoms with E-state index in [1.165, 1.54) is 48.5 Å². The van der Waals surface area contributed by atoms with Crippen molar-refractivity contribution in [3.63, 3.8) is 0 Å². The van der Waals surface area contributed by atoms with Gasteiger partial charge in [0.15, 0.2) is 5.71 Å². The minimum Gasteiger partial charge on any atom is -0.748 e. The van der Waals surface area contributed by atoms with Crippen molar-refractivity contribution < 1.29 is 132 Å². The third-order valence-corrected chi connectivity index (χ3v) is 18.2. The Kier molecular flexibility index (Phi) is 19.3. The van der Waals surface area contributed by atoms with Gasteiger partial charge in [-0.2, -0.15) is 26.6 Å². The van der Waals surface area contributed by atoms with Crippen LogP contribution in [0.25, 0.3) is 0 Å². The summed E-state index contributed by atoms with van der Waals surface area (Å²) in [4.78, 5) is 6.59. The van der Waals surface area contributed by atoms with Gasteiger partial charge in [0.2, 0.25) is 0 Å². The average molecular weight is 1030 g/mol. The molecule has 1 unspecified atom stereocenters. The molecule has 3 heterocycles. The van der Waals surface area contributed by atoms with Crippen molar-refractivity contribution in [1.29, 1.82) is 0 Å². The molecule has 0 saturated carbocycles. The number of rotatable bonds is 14. The van der Waals surface area contributed by atoms with Crippen LogP contribution in [0.1, 0.15) is 90.2 Å². The predicted octanol–water partition coefficient (Wildman–Crippen LogP) is 0.547. The number of hydrogen-bond acceptors (Lipinski definition) is 11. The van der Waals surface area contributed by atoms with Gasteiger partial charge in [0.25, 0.3) is 10.1 Å². The van der Waals surface area contributed by atoms with E-state index in [1.807, 2.05) is 37.7 Å². The zero-order valence-electron chi connectivity index (χ0n) is 39.3. The number of hydrogen-bond donors (Lipinski definition) is 1. The molecule has 0 aromatic heterocycles. The van der Waals surface area contributed by atoms with E-state index in [9.17, 15) is 38.9 Å². The van der Waals surface area contributed by atoms with Gasteiger partial charge in [-0.1, -0.05) is 81.1 Å². The van der Waals surface area contributed by atoms with E-state index in [0.717, 1.165) is 54.0 Å². The molecular formula is C48H52N2Na3O9S5+. The van der Waals surface area contributed by atoms with Gasteiger partial charge in [0.1, 0.15) is 22.4 Å². The molecular weight excluding hydrogens is 978 g/mol. The molecule has 3 aromatic carbocycles. The number of benzene rings is 3. The van der Waals surface area contributed by atoms with E-state index in [1.54, 1.807) is 17.8 Å². The maximum Gasteiger partial charge on any atom is 1.00 e. The summed E-state index contributed by atoms with van der Waals surface area (Å²) in [6.45, 7) is 9.39. The molecule has 1 N–H and O–H groups in total. The summed E-state index contributed by atoms with van der Waals surface area (Å²) in [5.74, 6) is -0.387. The molecule has 19 heteroatoms. The molecule has 0 fully saturated rings. The van der Waals surface area contributed by atoms with Crippen LogP contribution in [0.3, 0.4) is 0 Å². The number of fused-ring (bicyclic) bond motifs is 3. The molecule has 3 aromatic rings. The first-order valence-corrected chi connectivity index (χ1v) is 27.8. The van der Waals surface area contributed by atoms with Crippen LogP contribution in [0.5, 0.6) is 0 Å². The fourth-order valence-electron chi connectivity index (χ4n) is 9.85. The van der Waals surface area contributed by atoms with Gasteiger partial charge in [-0.05, 0) is 110 Å². The summed E-state index contributed by atoms with van der Waals surface area (Å²) in [7, 11) is -13.2. The van der Waals surface area contributed by atoms with E-state index in [-0.39, 0.29) is 111 Å². The third kappa shape index (κ3) is 12.5. The molecule has 5 aliphatic rings. The minimum absolute atomic E-state index is 0. The molecule has 67 heavy (non-hydrogen) atoms. The summed E-state index contributed by atoms with van der Waals surface area (Å²) in [5, 5.41) is 0. The molecule has 3 aliphatic heterocycles. The van der Waals surface area contributed by atoms with Crippen molar-refractivity contribution in [2.45, 2.75) is 105 Å². The Morgan fingerprint density at radius 2 is 1.48 bits per heavy atom. The van der Waals surface area contributed by atoms with Crippen molar-refractivity contribution >= 4 is 71.0 Å². The van der Waals surface area contributed by atoms with E-state index >= 15 is 0 Å². The largest absolute Gasteiger partial charge is 1.00 e. The fraction of sp³-hybridized carbons (Fsp3) is 0.396. The molecule has 0 bridgehead atoms. The van der Waals surface area contributed by atoms with Crippen LogP contribution >= 0.6 is 23.5 Å². The van der Waals surface area contributed by atoms with Crippen molar-refractivity contribution in [2.24, 2.45) is 5.92 Å². The van der Waals surface area contributed by atoms with E-state index in [2.05, 4.69) is 84.0 Å². The number of allylic oxidation sites excluding steroid dienone is 8. The third-order valence-electron chi connectivity index (χ3n) is 13.1. The second kappa shape index (κ2) is 22.6. The first-order valence-electron chi connectivity index (χ1n) is 21.6. The molecule has 0 saturated heterocycles. The first-order chi connectivity index (χ1) is 30.1. The number of unbranched alkanes of at least 4 members (excludes halogenated alkanes) is 2. The maximum atomic E-state index is 12.1. The van der Waals surface area contributed by atoms with Crippen molar-refractivity contribution in [3.8, 4) is 0 Å². The van der Waals surface area contributed by atoms with Gasteiger partial charge >= 0.3 is 88.7 Å². The summed E-state index contributed by atoms with van der Waals surface area (Å²) in [6, 6.07) is 22.1. The Morgan fingerprint density at radius 1 is 0.806 bits per heavy atom. The Labute approximate surface area is 471 Å². The van der Waals surface area contributed by atoms with Gasteiger partial charge in [-0.3, -0.25) is 4.55 Å². The summed E-state index contributed by atoms with van der Waals surface area (Å²) < 4.78 is 105. The van der Waals surface area contributed by atoms with Gasteiger partial charge in [-0.25, -0.2) is 21.4 Å². The monoisotopic (exact) mass is 1030 g/mol. The second-order valence-electron chi connectivity index (χ2n) is 18.1. The molecule has 1 atom stereocenters. The standard InChI is InChI=1S/C48H54N2O9S5.3Na/c1-47(2)36-13-5-6-14-38(36)49(27-9-11-29-62(51,52)53)42(47)25-21-33-19-17-32-18-20-34(46-44(32)45(33)60-40-15-7-8-16-41(40)61-46)22-26-43-48(3,4)37-31-35(64(57,58)59)23-24-39(37)50(43)28-10-12-30-63(54,55)56;;;/h6-8,13-16,21-26,31-32H,9-12,17-20,27-30H2,1-4H3,(H,51,52,53)(H,54,55,56)(H,57,58,59);;;/q;3*+1/p-2. The number of anilines is 1. The van der Waals surface area contributed by atoms with Gasteiger partial charge in [-0.15, -0.1) is 6.07 Å². The van der Waals surface area contributed by atoms with Crippen LogP contribution in [0, 0.1) is 12.0 Å². The second-order valence-corrected chi connectivity index (χ2v) is 24.7. The fourth-order valence-corrected chi connectivity index (χ4v) is 14.2.